The van der Waals surface area contributed by atoms with Crippen LogP contribution in [0.3, 0.4) is 0 Å². The highest BCUT2D eigenvalue weighted by Gasteiger charge is 2.52. The van der Waals surface area contributed by atoms with Gasteiger partial charge in [-0.05, 0) is 26.7 Å². The van der Waals surface area contributed by atoms with E-state index in [2.05, 4.69) is 10.6 Å². The highest BCUT2D eigenvalue weighted by molar-refractivity contribution is 6.30. The van der Waals surface area contributed by atoms with Crippen LogP contribution in [0.25, 0.3) is 0 Å². The van der Waals surface area contributed by atoms with Crippen molar-refractivity contribution in [1.29, 1.82) is 0 Å². The van der Waals surface area contributed by atoms with Crippen molar-refractivity contribution >= 4 is 11.6 Å². The van der Waals surface area contributed by atoms with Crippen LogP contribution < -0.4 is 10.6 Å². The summed E-state index contributed by atoms with van der Waals surface area (Å²) in [6.45, 7) is 4.66. The van der Waals surface area contributed by atoms with Crippen molar-refractivity contribution in [1.82, 2.24) is 10.6 Å². The van der Waals surface area contributed by atoms with Gasteiger partial charge in [-0.25, -0.2) is 0 Å². The number of phenols is 2. The third-order valence-corrected chi connectivity index (χ3v) is 8.97. The first kappa shape index (κ1) is 24.2. The SMILES string of the molecule is CC1OCN[C@]12Cc1c(O)c3c(c(O)c1[C@@H](O[C@H]1C[C@@H]4NCO[C@@H]4[C@H](C)O1)C2)C(=O)c1ccccc1C3=O. The van der Waals surface area contributed by atoms with Gasteiger partial charge in [-0.2, -0.15) is 0 Å². The standard InChI is InChI=1S/C28H30N2O8/c1-12-27-17(29-10-36-27)7-19(37-12)38-18-9-28(13(2)35-11-30-28)8-16-20(18)26(34)22-21(25(16)33)23(31)14-5-3-4-6-15(14)24(22)32/h3-6,12-13,17-19,27,29-30,33-34H,7-11H2,1-2H3/t12-,13?,17-,18-,19-,27+,28-/m0/s1. The Balaban J connectivity index is 1.35. The van der Waals surface area contributed by atoms with Crippen molar-refractivity contribution in [3.8, 4) is 11.5 Å². The zero-order valence-corrected chi connectivity index (χ0v) is 21.2. The van der Waals surface area contributed by atoms with E-state index in [1.165, 1.54) is 0 Å². The third kappa shape index (κ3) is 3.35. The molecule has 0 amide bonds. The van der Waals surface area contributed by atoms with Gasteiger partial charge >= 0.3 is 0 Å². The van der Waals surface area contributed by atoms with E-state index in [9.17, 15) is 19.8 Å². The Labute approximate surface area is 219 Å². The van der Waals surface area contributed by atoms with E-state index >= 15 is 0 Å². The molecule has 10 nitrogen and oxygen atoms in total. The summed E-state index contributed by atoms with van der Waals surface area (Å²) in [4.78, 5) is 27.0. The lowest BCUT2D eigenvalue weighted by Gasteiger charge is -2.44. The molecule has 200 valence electrons. The first-order valence-corrected chi connectivity index (χ1v) is 13.1. The Bertz CT molecular complexity index is 1360. The Morgan fingerprint density at radius 3 is 2.39 bits per heavy atom. The molecule has 10 heteroatoms. The van der Waals surface area contributed by atoms with Gasteiger partial charge in [-0.15, -0.1) is 0 Å². The van der Waals surface area contributed by atoms with Gasteiger partial charge in [0.2, 0.25) is 0 Å². The van der Waals surface area contributed by atoms with Crippen molar-refractivity contribution in [2.75, 3.05) is 13.5 Å². The van der Waals surface area contributed by atoms with Crippen molar-refractivity contribution in [2.45, 2.75) is 75.4 Å². The van der Waals surface area contributed by atoms with E-state index in [0.29, 0.717) is 43.9 Å². The van der Waals surface area contributed by atoms with Crippen molar-refractivity contribution in [3.05, 3.63) is 57.6 Å². The number of rotatable bonds is 2. The molecule has 7 rings (SSSR count). The summed E-state index contributed by atoms with van der Waals surface area (Å²) in [5.41, 5.74) is 0.166. The van der Waals surface area contributed by atoms with Crippen LogP contribution >= 0.6 is 0 Å². The second kappa shape index (κ2) is 8.57. The van der Waals surface area contributed by atoms with E-state index in [4.69, 9.17) is 18.9 Å². The van der Waals surface area contributed by atoms with Gasteiger partial charge in [0.15, 0.2) is 17.9 Å². The molecule has 0 saturated carbocycles. The molecule has 5 aliphatic rings. The Hall–Kier alpha value is -2.86. The van der Waals surface area contributed by atoms with Crippen LogP contribution in [-0.2, 0) is 25.4 Å². The molecule has 38 heavy (non-hydrogen) atoms. The maximum Gasteiger partial charge on any atom is 0.198 e. The summed E-state index contributed by atoms with van der Waals surface area (Å²) in [5.74, 6) is -1.61. The van der Waals surface area contributed by atoms with Crippen molar-refractivity contribution in [3.63, 3.8) is 0 Å². The summed E-state index contributed by atoms with van der Waals surface area (Å²) < 4.78 is 24.3. The molecule has 2 aromatic rings. The van der Waals surface area contributed by atoms with Crippen LogP contribution in [0.2, 0.25) is 0 Å². The molecule has 7 atom stereocenters. The molecular formula is C28H30N2O8. The van der Waals surface area contributed by atoms with Crippen LogP contribution in [0.1, 0.15) is 75.8 Å². The number of ether oxygens (including phenoxy) is 4. The maximum atomic E-state index is 13.5. The van der Waals surface area contributed by atoms with Crippen molar-refractivity contribution < 1.29 is 38.7 Å². The zero-order valence-electron chi connectivity index (χ0n) is 21.2. The Morgan fingerprint density at radius 1 is 1.00 bits per heavy atom. The first-order chi connectivity index (χ1) is 18.3. The fourth-order valence-corrected chi connectivity index (χ4v) is 6.92. The van der Waals surface area contributed by atoms with Gasteiger partial charge in [-0.3, -0.25) is 20.2 Å². The zero-order chi connectivity index (χ0) is 26.3. The molecule has 3 aliphatic heterocycles. The Morgan fingerprint density at radius 2 is 1.71 bits per heavy atom. The number of carbonyl (C=O) groups excluding carboxylic acids is 2. The number of phenolic OH excluding ortho intramolecular Hbond substituents is 2. The van der Waals surface area contributed by atoms with E-state index in [0.717, 1.165) is 0 Å². The summed E-state index contributed by atoms with van der Waals surface area (Å²) >= 11 is 0. The van der Waals surface area contributed by atoms with E-state index in [1.807, 2.05) is 13.8 Å². The number of nitrogens with one attached hydrogen (secondary N) is 2. The van der Waals surface area contributed by atoms with Gasteiger partial charge in [-0.1, -0.05) is 24.3 Å². The smallest absolute Gasteiger partial charge is 0.198 e. The van der Waals surface area contributed by atoms with Gasteiger partial charge in [0.05, 0.1) is 48.4 Å². The van der Waals surface area contributed by atoms with Gasteiger partial charge in [0.25, 0.3) is 0 Å². The first-order valence-electron chi connectivity index (χ1n) is 13.1. The average Bonchev–Trinajstić information content (AvgIpc) is 3.51. The van der Waals surface area contributed by atoms with Gasteiger partial charge in [0, 0.05) is 34.7 Å². The summed E-state index contributed by atoms with van der Waals surface area (Å²) in [7, 11) is 0. The molecule has 1 spiro atoms. The van der Waals surface area contributed by atoms with Crippen LogP contribution in [0.15, 0.2) is 24.3 Å². The lowest BCUT2D eigenvalue weighted by molar-refractivity contribution is -0.241. The van der Waals surface area contributed by atoms with E-state index < -0.39 is 29.5 Å². The summed E-state index contributed by atoms with van der Waals surface area (Å²) in [6.07, 6.45) is -0.603. The summed E-state index contributed by atoms with van der Waals surface area (Å²) in [5, 5.41) is 29.9. The predicted octanol–water partition coefficient (Wildman–Crippen LogP) is 2.03. The molecule has 4 N–H and O–H groups in total. The molecular weight excluding hydrogens is 492 g/mol. The van der Waals surface area contributed by atoms with Crippen LogP contribution in [-0.4, -0.2) is 71.4 Å². The molecule has 3 fully saturated rings. The highest BCUT2D eigenvalue weighted by Crippen LogP contribution is 2.53. The molecule has 2 aromatic carbocycles. The number of hydrogen-bond donors (Lipinski definition) is 4. The average molecular weight is 523 g/mol. The minimum Gasteiger partial charge on any atom is -0.507 e. The quantitative estimate of drug-likeness (QED) is 0.370. The third-order valence-electron chi connectivity index (χ3n) is 8.97. The molecule has 0 aromatic heterocycles. The minimum absolute atomic E-state index is 0.0638. The molecule has 1 unspecified atom stereocenters. The minimum atomic E-state index is -0.734. The van der Waals surface area contributed by atoms with E-state index in [1.54, 1.807) is 24.3 Å². The van der Waals surface area contributed by atoms with Gasteiger partial charge < -0.3 is 29.2 Å². The number of ketones is 2. The molecule has 2 aliphatic carbocycles. The highest BCUT2D eigenvalue weighted by atomic mass is 16.7. The van der Waals surface area contributed by atoms with Crippen LogP contribution in [0.5, 0.6) is 11.5 Å². The number of aromatic hydroxyl groups is 2. The number of hydrogen-bond acceptors (Lipinski definition) is 10. The number of carbonyl (C=O) groups is 2. The fraction of sp³-hybridized carbons (Fsp3) is 0.500. The lowest BCUT2D eigenvalue weighted by atomic mass is 9.70. The maximum absolute atomic E-state index is 13.5. The number of benzene rings is 2. The predicted molar refractivity (Wildman–Crippen MR) is 132 cm³/mol. The second-order valence-electron chi connectivity index (χ2n) is 10.9. The molecule has 3 saturated heterocycles. The Kier molecular flexibility index (Phi) is 5.46. The number of fused-ring (bicyclic) bond motifs is 4. The molecule has 3 heterocycles. The van der Waals surface area contributed by atoms with Gasteiger partial charge in [0.1, 0.15) is 17.6 Å². The van der Waals surface area contributed by atoms with E-state index in [-0.39, 0.29) is 58.1 Å². The topological polar surface area (TPSA) is 136 Å². The largest absolute Gasteiger partial charge is 0.507 e. The fourth-order valence-electron chi connectivity index (χ4n) is 6.92. The summed E-state index contributed by atoms with van der Waals surface area (Å²) in [6, 6.07) is 6.52. The molecule has 0 radical (unpaired) electrons. The molecule has 0 bridgehead atoms. The van der Waals surface area contributed by atoms with Crippen LogP contribution in [0.4, 0.5) is 0 Å². The van der Waals surface area contributed by atoms with Crippen molar-refractivity contribution in [2.24, 2.45) is 0 Å². The normalized spacial score (nSPS) is 35.6. The lowest BCUT2D eigenvalue weighted by Crippen LogP contribution is -2.54. The monoisotopic (exact) mass is 522 g/mol. The van der Waals surface area contributed by atoms with Crippen LogP contribution in [0, 0.1) is 0 Å². The second-order valence-corrected chi connectivity index (χ2v) is 10.9.